The number of aromatic nitrogens is 2. The zero-order valence-electron chi connectivity index (χ0n) is 9.96. The van der Waals surface area contributed by atoms with Gasteiger partial charge in [0.2, 0.25) is 0 Å². The van der Waals surface area contributed by atoms with Crippen molar-refractivity contribution in [3.05, 3.63) is 39.6 Å². The first-order valence-corrected chi connectivity index (χ1v) is 6.06. The molecule has 0 saturated heterocycles. The lowest BCUT2D eigenvalue weighted by Crippen LogP contribution is -2.05. The average molecular weight is 283 g/mol. The molecule has 0 spiro atoms. The molecular weight excluding hydrogens is 271 g/mol. The summed E-state index contributed by atoms with van der Waals surface area (Å²) in [5, 5.41) is 4.24. The molecule has 0 aliphatic carbocycles. The molecule has 4 nitrogen and oxygen atoms in total. The number of aryl methyl sites for hydroxylation is 1. The number of nitrogens with zero attached hydrogens (tertiary/aromatic N) is 2. The molecule has 3 N–H and O–H groups in total. The molecule has 2 aromatic rings. The Morgan fingerprint density at radius 1 is 1.17 bits per heavy atom. The summed E-state index contributed by atoms with van der Waals surface area (Å²) in [6.07, 6.45) is 0. The van der Waals surface area contributed by atoms with Crippen molar-refractivity contribution in [3.8, 4) is 0 Å². The number of hydrogen-bond donors (Lipinski definition) is 2. The predicted octanol–water partition coefficient (Wildman–Crippen LogP) is 3.73. The van der Waals surface area contributed by atoms with E-state index in [4.69, 9.17) is 28.9 Å². The summed E-state index contributed by atoms with van der Waals surface area (Å²) in [5.41, 5.74) is 7.30. The Morgan fingerprint density at radius 2 is 1.89 bits per heavy atom. The highest BCUT2D eigenvalue weighted by molar-refractivity contribution is 6.36. The van der Waals surface area contributed by atoms with Crippen LogP contribution in [0.5, 0.6) is 0 Å². The van der Waals surface area contributed by atoms with Crippen molar-refractivity contribution in [2.24, 2.45) is 0 Å². The highest BCUT2D eigenvalue weighted by atomic mass is 35.5. The maximum Gasteiger partial charge on any atom is 0.139 e. The number of benzene rings is 1. The van der Waals surface area contributed by atoms with Crippen LogP contribution in [0, 0.1) is 13.8 Å². The number of nitrogens with one attached hydrogen (secondary N) is 1. The van der Waals surface area contributed by atoms with Gasteiger partial charge in [-0.25, -0.2) is 9.97 Å². The second kappa shape index (κ2) is 5.00. The van der Waals surface area contributed by atoms with Gasteiger partial charge in [0.15, 0.2) is 0 Å². The monoisotopic (exact) mass is 282 g/mol. The molecule has 0 amide bonds. The molecule has 1 aromatic carbocycles. The van der Waals surface area contributed by atoms with Crippen molar-refractivity contribution in [3.63, 3.8) is 0 Å². The molecule has 2 rings (SSSR count). The van der Waals surface area contributed by atoms with Crippen LogP contribution in [0.2, 0.25) is 10.0 Å². The largest absolute Gasteiger partial charge is 0.383 e. The quantitative estimate of drug-likeness (QED) is 0.881. The fourth-order valence-electron chi connectivity index (χ4n) is 1.49. The third-order valence-electron chi connectivity index (χ3n) is 2.48. The molecule has 1 heterocycles. The Balaban J connectivity index is 2.40. The van der Waals surface area contributed by atoms with Crippen LogP contribution in [0.1, 0.15) is 11.4 Å². The predicted molar refractivity (Wildman–Crippen MR) is 75.7 cm³/mol. The highest BCUT2D eigenvalue weighted by Gasteiger charge is 2.08. The minimum atomic E-state index is 0.454. The molecule has 0 bridgehead atoms. The van der Waals surface area contributed by atoms with Crippen LogP contribution in [-0.4, -0.2) is 9.97 Å². The summed E-state index contributed by atoms with van der Waals surface area (Å²) in [6.45, 7) is 3.63. The molecular formula is C12H12Cl2N4. The number of rotatable bonds is 2. The van der Waals surface area contributed by atoms with E-state index in [1.807, 2.05) is 6.92 Å². The van der Waals surface area contributed by atoms with Crippen molar-refractivity contribution in [1.29, 1.82) is 0 Å². The van der Waals surface area contributed by atoms with Crippen LogP contribution < -0.4 is 11.1 Å². The summed E-state index contributed by atoms with van der Waals surface area (Å²) in [4.78, 5) is 8.38. The van der Waals surface area contributed by atoms with Crippen molar-refractivity contribution in [2.75, 3.05) is 11.1 Å². The smallest absolute Gasteiger partial charge is 0.139 e. The highest BCUT2D eigenvalue weighted by Crippen LogP contribution is 2.29. The van der Waals surface area contributed by atoms with E-state index in [0.29, 0.717) is 27.5 Å². The summed E-state index contributed by atoms with van der Waals surface area (Å²) < 4.78 is 0. The van der Waals surface area contributed by atoms with Gasteiger partial charge in [0.1, 0.15) is 17.5 Å². The Labute approximate surface area is 115 Å². The van der Waals surface area contributed by atoms with E-state index in [-0.39, 0.29) is 0 Å². The molecule has 0 unspecified atom stereocenters. The third-order valence-corrected chi connectivity index (χ3v) is 3.03. The number of hydrogen-bond acceptors (Lipinski definition) is 4. The van der Waals surface area contributed by atoms with E-state index in [1.165, 1.54) is 0 Å². The van der Waals surface area contributed by atoms with Gasteiger partial charge in [-0.1, -0.05) is 23.2 Å². The van der Waals surface area contributed by atoms with Crippen LogP contribution in [0.25, 0.3) is 0 Å². The lowest BCUT2D eigenvalue weighted by Gasteiger charge is -2.12. The minimum absolute atomic E-state index is 0.454. The Hall–Kier alpha value is -1.52. The van der Waals surface area contributed by atoms with E-state index in [9.17, 15) is 0 Å². The average Bonchev–Trinajstić information content (AvgIpc) is 2.29. The fourth-order valence-corrected chi connectivity index (χ4v) is 1.95. The second-order valence-corrected chi connectivity index (χ2v) is 4.72. The van der Waals surface area contributed by atoms with Crippen LogP contribution in [0.15, 0.2) is 18.2 Å². The minimum Gasteiger partial charge on any atom is -0.383 e. The molecule has 0 aliphatic rings. The zero-order valence-corrected chi connectivity index (χ0v) is 11.5. The molecule has 1 aromatic heterocycles. The molecule has 0 saturated carbocycles. The Morgan fingerprint density at radius 3 is 2.56 bits per heavy atom. The summed E-state index contributed by atoms with van der Waals surface area (Å²) >= 11 is 11.9. The van der Waals surface area contributed by atoms with Gasteiger partial charge in [-0.3, -0.25) is 0 Å². The normalized spacial score (nSPS) is 10.4. The standard InChI is InChI=1S/C12H12Cl2N4/c1-6-11(15)16-7(2)17-12(6)18-10-4-3-8(13)5-9(10)14/h3-5H,1-2H3,(H3,15,16,17,18). The molecule has 0 atom stereocenters. The van der Waals surface area contributed by atoms with Crippen molar-refractivity contribution >= 4 is 40.5 Å². The molecule has 0 fully saturated rings. The van der Waals surface area contributed by atoms with Crippen LogP contribution >= 0.6 is 23.2 Å². The number of nitrogen functional groups attached to an aromatic ring is 1. The van der Waals surface area contributed by atoms with Gasteiger partial charge in [-0.15, -0.1) is 0 Å². The van der Waals surface area contributed by atoms with Gasteiger partial charge < -0.3 is 11.1 Å². The molecule has 94 valence electrons. The van der Waals surface area contributed by atoms with Gasteiger partial charge in [0, 0.05) is 10.6 Å². The van der Waals surface area contributed by atoms with Crippen molar-refractivity contribution in [2.45, 2.75) is 13.8 Å². The second-order valence-electron chi connectivity index (χ2n) is 3.88. The van der Waals surface area contributed by atoms with Crippen molar-refractivity contribution < 1.29 is 0 Å². The number of halogens is 2. The summed E-state index contributed by atoms with van der Waals surface area (Å²) in [7, 11) is 0. The zero-order chi connectivity index (χ0) is 13.3. The molecule has 0 radical (unpaired) electrons. The lowest BCUT2D eigenvalue weighted by molar-refractivity contribution is 1.04. The molecule has 0 aliphatic heterocycles. The van der Waals surface area contributed by atoms with E-state index in [2.05, 4.69) is 15.3 Å². The fraction of sp³-hybridized carbons (Fsp3) is 0.167. The van der Waals surface area contributed by atoms with Gasteiger partial charge in [-0.2, -0.15) is 0 Å². The number of anilines is 3. The molecule has 18 heavy (non-hydrogen) atoms. The molecule has 6 heteroatoms. The summed E-state index contributed by atoms with van der Waals surface area (Å²) in [6, 6.07) is 5.21. The first-order valence-electron chi connectivity index (χ1n) is 5.30. The SMILES string of the molecule is Cc1nc(N)c(C)c(Nc2ccc(Cl)cc2Cl)n1. The van der Waals surface area contributed by atoms with Gasteiger partial charge >= 0.3 is 0 Å². The first-order chi connectivity index (χ1) is 8.47. The topological polar surface area (TPSA) is 63.8 Å². The van der Waals surface area contributed by atoms with Gasteiger partial charge in [0.25, 0.3) is 0 Å². The van der Waals surface area contributed by atoms with E-state index in [0.717, 1.165) is 11.3 Å². The van der Waals surface area contributed by atoms with E-state index in [1.54, 1.807) is 25.1 Å². The van der Waals surface area contributed by atoms with Gasteiger partial charge in [-0.05, 0) is 32.0 Å². The van der Waals surface area contributed by atoms with Gasteiger partial charge in [0.05, 0.1) is 10.7 Å². The van der Waals surface area contributed by atoms with Crippen LogP contribution in [0.4, 0.5) is 17.3 Å². The van der Waals surface area contributed by atoms with E-state index < -0.39 is 0 Å². The Kier molecular flexibility index (Phi) is 3.59. The van der Waals surface area contributed by atoms with Crippen LogP contribution in [-0.2, 0) is 0 Å². The lowest BCUT2D eigenvalue weighted by atomic mass is 10.2. The summed E-state index contributed by atoms with van der Waals surface area (Å²) in [5.74, 6) is 1.70. The number of nitrogens with two attached hydrogens (primary N) is 1. The Bertz CT molecular complexity index is 599. The van der Waals surface area contributed by atoms with Crippen LogP contribution in [0.3, 0.4) is 0 Å². The third kappa shape index (κ3) is 2.66. The van der Waals surface area contributed by atoms with Crippen molar-refractivity contribution in [1.82, 2.24) is 9.97 Å². The first kappa shape index (κ1) is 12.9. The maximum atomic E-state index is 6.09. The van der Waals surface area contributed by atoms with E-state index >= 15 is 0 Å². The maximum absolute atomic E-state index is 6.09.